The molecule has 4 rings (SSSR count). The Labute approximate surface area is 143 Å². The molecule has 3 heterocycles. The summed E-state index contributed by atoms with van der Waals surface area (Å²) in [4.78, 5) is 16.6. The van der Waals surface area contributed by atoms with Crippen molar-refractivity contribution in [2.24, 2.45) is 0 Å². The van der Waals surface area contributed by atoms with Gasteiger partial charge in [-0.2, -0.15) is 0 Å². The van der Waals surface area contributed by atoms with Crippen LogP contribution in [-0.4, -0.2) is 36.0 Å². The third-order valence-corrected chi connectivity index (χ3v) is 4.41. The summed E-state index contributed by atoms with van der Waals surface area (Å²) < 4.78 is 31.9. The van der Waals surface area contributed by atoms with Crippen LogP contribution in [0.3, 0.4) is 0 Å². The highest BCUT2D eigenvalue weighted by Gasteiger charge is 2.42. The maximum absolute atomic E-state index is 13.2. The average Bonchev–Trinajstić information content (AvgIpc) is 3.20. The number of rotatable bonds is 3. The number of benzene rings is 1. The average molecular weight is 345 g/mol. The Hall–Kier alpha value is -2.54. The molecule has 2 aromatic rings. The lowest BCUT2D eigenvalue weighted by molar-refractivity contribution is -0.118. The summed E-state index contributed by atoms with van der Waals surface area (Å²) >= 11 is 0. The summed E-state index contributed by atoms with van der Waals surface area (Å²) in [5.74, 6) is -2.11. The first-order chi connectivity index (χ1) is 12.0. The van der Waals surface area contributed by atoms with Gasteiger partial charge in [-0.3, -0.25) is 10.1 Å². The number of carbonyl (C=O) groups excluding carboxylic acids is 1. The van der Waals surface area contributed by atoms with Gasteiger partial charge in [-0.1, -0.05) is 6.07 Å². The first kappa shape index (κ1) is 16.0. The maximum Gasteiger partial charge on any atom is 0.262 e. The highest BCUT2D eigenvalue weighted by atomic mass is 19.3. The van der Waals surface area contributed by atoms with Crippen LogP contribution in [0.25, 0.3) is 11.3 Å². The van der Waals surface area contributed by atoms with Crippen molar-refractivity contribution in [2.45, 2.75) is 24.8 Å². The molecule has 7 heteroatoms. The van der Waals surface area contributed by atoms with Gasteiger partial charge in [0.1, 0.15) is 11.6 Å². The van der Waals surface area contributed by atoms with E-state index >= 15 is 0 Å². The topological polar surface area (TPSA) is 63.2 Å². The molecule has 2 N–H and O–H groups in total. The molecule has 2 aliphatic rings. The number of carbonyl (C=O) groups is 1. The van der Waals surface area contributed by atoms with Crippen molar-refractivity contribution in [3.8, 4) is 17.0 Å². The van der Waals surface area contributed by atoms with Gasteiger partial charge in [0.05, 0.1) is 24.9 Å². The Balaban J connectivity index is 1.51. The fourth-order valence-electron chi connectivity index (χ4n) is 3.13. The lowest BCUT2D eigenvalue weighted by atomic mass is 10.1. The molecule has 1 aromatic heterocycles. The molecule has 0 saturated carbocycles. The number of anilines is 1. The van der Waals surface area contributed by atoms with E-state index in [0.29, 0.717) is 18.1 Å². The molecule has 25 heavy (non-hydrogen) atoms. The first-order valence-electron chi connectivity index (χ1n) is 8.15. The van der Waals surface area contributed by atoms with Crippen LogP contribution in [0, 0.1) is 0 Å². The Morgan fingerprint density at radius 1 is 1.32 bits per heavy atom. The second kappa shape index (κ2) is 6.07. The zero-order valence-electron chi connectivity index (χ0n) is 13.4. The molecule has 1 fully saturated rings. The fraction of sp³-hybridized carbons (Fsp3) is 0.333. The van der Waals surface area contributed by atoms with E-state index in [1.165, 1.54) is 0 Å². The Bertz CT molecular complexity index is 826. The summed E-state index contributed by atoms with van der Waals surface area (Å²) in [5, 5.41) is 5.15. The standard InChI is InChI=1S/C18H17F2N3O2/c19-18(20)9-14(21-10-18)17(24)23-16-3-1-2-13(22-16)11-4-5-15-12(8-11)6-7-25-15/h1-5,8,14,21H,6-7,9-10H2,(H,22,23,24). The quantitative estimate of drug-likeness (QED) is 0.898. The molecule has 2 aliphatic heterocycles. The van der Waals surface area contributed by atoms with Crippen LogP contribution in [-0.2, 0) is 11.2 Å². The predicted octanol–water partition coefficient (Wildman–Crippen LogP) is 2.62. The van der Waals surface area contributed by atoms with Gasteiger partial charge in [-0.05, 0) is 35.9 Å². The van der Waals surface area contributed by atoms with E-state index in [-0.39, 0.29) is 0 Å². The largest absolute Gasteiger partial charge is 0.493 e. The number of aromatic nitrogens is 1. The molecule has 130 valence electrons. The van der Waals surface area contributed by atoms with Gasteiger partial charge >= 0.3 is 0 Å². The van der Waals surface area contributed by atoms with E-state index in [0.717, 1.165) is 23.3 Å². The minimum atomic E-state index is -2.84. The number of amides is 1. The number of hydrogen-bond acceptors (Lipinski definition) is 4. The molecule has 0 bridgehead atoms. The van der Waals surface area contributed by atoms with Crippen LogP contribution in [0.5, 0.6) is 5.75 Å². The Kier molecular flexibility index (Phi) is 3.88. The van der Waals surface area contributed by atoms with Crippen LogP contribution in [0.2, 0.25) is 0 Å². The highest BCUT2D eigenvalue weighted by molar-refractivity contribution is 5.94. The van der Waals surface area contributed by atoms with Crippen molar-refractivity contribution in [3.05, 3.63) is 42.0 Å². The summed E-state index contributed by atoms with van der Waals surface area (Å²) in [6.45, 7) is 0.205. The number of pyridine rings is 1. The van der Waals surface area contributed by atoms with Crippen molar-refractivity contribution < 1.29 is 18.3 Å². The minimum Gasteiger partial charge on any atom is -0.493 e. The monoisotopic (exact) mass is 345 g/mol. The molecule has 1 unspecified atom stereocenters. The lowest BCUT2D eigenvalue weighted by Crippen LogP contribution is -2.35. The van der Waals surface area contributed by atoms with Gasteiger partial charge in [0.25, 0.3) is 5.92 Å². The number of ether oxygens (including phenoxy) is 1. The van der Waals surface area contributed by atoms with Gasteiger partial charge < -0.3 is 10.1 Å². The number of nitrogens with zero attached hydrogens (tertiary/aromatic N) is 1. The zero-order valence-corrected chi connectivity index (χ0v) is 13.4. The zero-order chi connectivity index (χ0) is 17.4. The number of nitrogens with one attached hydrogen (secondary N) is 2. The van der Waals surface area contributed by atoms with Crippen molar-refractivity contribution in [2.75, 3.05) is 18.5 Å². The van der Waals surface area contributed by atoms with Crippen molar-refractivity contribution in [3.63, 3.8) is 0 Å². The SMILES string of the molecule is O=C(Nc1cccc(-c2ccc3c(c2)CCO3)n1)C1CC(F)(F)CN1. The second-order valence-electron chi connectivity index (χ2n) is 6.31. The number of fused-ring (bicyclic) bond motifs is 1. The van der Waals surface area contributed by atoms with Gasteiger partial charge in [0.15, 0.2) is 0 Å². The number of halogens is 2. The molecule has 1 saturated heterocycles. The molecule has 1 aromatic carbocycles. The van der Waals surface area contributed by atoms with Crippen LogP contribution in [0.1, 0.15) is 12.0 Å². The molecule has 1 amide bonds. The number of alkyl halides is 2. The minimum absolute atomic E-state index is 0.344. The molecule has 0 radical (unpaired) electrons. The van der Waals surface area contributed by atoms with Gasteiger partial charge in [0.2, 0.25) is 5.91 Å². The molecule has 0 spiro atoms. The number of hydrogen-bond donors (Lipinski definition) is 2. The lowest BCUT2D eigenvalue weighted by Gasteiger charge is -2.11. The van der Waals surface area contributed by atoms with Crippen LogP contribution < -0.4 is 15.4 Å². The van der Waals surface area contributed by atoms with Crippen molar-refractivity contribution in [1.82, 2.24) is 10.3 Å². The Morgan fingerprint density at radius 3 is 3.00 bits per heavy atom. The summed E-state index contributed by atoms with van der Waals surface area (Å²) in [6.07, 6.45) is 0.366. The fourth-order valence-corrected chi connectivity index (χ4v) is 3.13. The smallest absolute Gasteiger partial charge is 0.262 e. The van der Waals surface area contributed by atoms with E-state index < -0.39 is 30.8 Å². The van der Waals surface area contributed by atoms with Crippen LogP contribution in [0.4, 0.5) is 14.6 Å². The molecule has 1 atom stereocenters. The van der Waals surface area contributed by atoms with E-state index in [1.807, 2.05) is 24.3 Å². The second-order valence-corrected chi connectivity index (χ2v) is 6.31. The molecular formula is C18H17F2N3O2. The van der Waals surface area contributed by atoms with E-state index in [4.69, 9.17) is 4.74 Å². The van der Waals surface area contributed by atoms with E-state index in [2.05, 4.69) is 15.6 Å². The third-order valence-electron chi connectivity index (χ3n) is 4.41. The first-order valence-corrected chi connectivity index (χ1v) is 8.15. The summed E-state index contributed by atoms with van der Waals surface area (Å²) in [6, 6.07) is 10.2. The summed E-state index contributed by atoms with van der Waals surface area (Å²) in [7, 11) is 0. The summed E-state index contributed by atoms with van der Waals surface area (Å²) in [5.41, 5.74) is 2.76. The molecule has 5 nitrogen and oxygen atoms in total. The van der Waals surface area contributed by atoms with Crippen molar-refractivity contribution in [1.29, 1.82) is 0 Å². The maximum atomic E-state index is 13.2. The highest BCUT2D eigenvalue weighted by Crippen LogP contribution is 2.30. The predicted molar refractivity (Wildman–Crippen MR) is 88.9 cm³/mol. The van der Waals surface area contributed by atoms with Crippen LogP contribution >= 0.6 is 0 Å². The third kappa shape index (κ3) is 3.32. The van der Waals surface area contributed by atoms with Gasteiger partial charge in [-0.15, -0.1) is 0 Å². The normalized spacial score (nSPS) is 20.8. The van der Waals surface area contributed by atoms with E-state index in [9.17, 15) is 13.6 Å². The van der Waals surface area contributed by atoms with Gasteiger partial charge in [-0.25, -0.2) is 13.8 Å². The van der Waals surface area contributed by atoms with Crippen molar-refractivity contribution >= 4 is 11.7 Å². The Morgan fingerprint density at radius 2 is 2.20 bits per heavy atom. The van der Waals surface area contributed by atoms with Crippen LogP contribution in [0.15, 0.2) is 36.4 Å². The van der Waals surface area contributed by atoms with Gasteiger partial charge in [0, 0.05) is 18.4 Å². The molecular weight excluding hydrogens is 328 g/mol. The molecule has 0 aliphatic carbocycles. The van der Waals surface area contributed by atoms with E-state index in [1.54, 1.807) is 12.1 Å².